The van der Waals surface area contributed by atoms with Crippen LogP contribution in [0.25, 0.3) is 16.7 Å². The summed E-state index contributed by atoms with van der Waals surface area (Å²) in [7, 11) is 1.60. The van der Waals surface area contributed by atoms with Gasteiger partial charge in [-0.2, -0.15) is 0 Å². The van der Waals surface area contributed by atoms with Crippen molar-refractivity contribution >= 4 is 11.5 Å². The Balaban J connectivity index is 2.23. The molecule has 1 unspecified atom stereocenters. The van der Waals surface area contributed by atoms with Crippen LogP contribution < -0.4 is 15.8 Å². The molecule has 0 aromatic heterocycles. The molecule has 24 heavy (non-hydrogen) atoms. The average molecular weight is 326 g/mol. The zero-order valence-electron chi connectivity index (χ0n) is 13.8. The van der Waals surface area contributed by atoms with Gasteiger partial charge in [-0.05, 0) is 65.9 Å². The lowest BCUT2D eigenvalue weighted by molar-refractivity contribution is -0.115. The van der Waals surface area contributed by atoms with E-state index in [0.29, 0.717) is 16.8 Å². The number of primary amides is 1. The van der Waals surface area contributed by atoms with Gasteiger partial charge >= 0.3 is 0 Å². The summed E-state index contributed by atoms with van der Waals surface area (Å²) in [5.74, 6) is -0.153. The van der Waals surface area contributed by atoms with Crippen molar-refractivity contribution in [2.45, 2.75) is 19.9 Å². The lowest BCUT2D eigenvalue weighted by atomic mass is 9.85. The molecule has 3 rings (SSSR count). The molecule has 1 atom stereocenters. The van der Waals surface area contributed by atoms with E-state index in [0.717, 1.165) is 22.4 Å². The van der Waals surface area contributed by atoms with E-state index in [1.165, 1.54) is 12.1 Å². The van der Waals surface area contributed by atoms with Crippen molar-refractivity contribution in [2.75, 3.05) is 7.11 Å². The fourth-order valence-electron chi connectivity index (χ4n) is 3.19. The Labute approximate surface area is 140 Å². The van der Waals surface area contributed by atoms with Gasteiger partial charge in [0.05, 0.1) is 7.11 Å². The third-order valence-electron chi connectivity index (χ3n) is 4.37. The summed E-state index contributed by atoms with van der Waals surface area (Å²) in [6.07, 6.45) is 0. The number of fused-ring (bicyclic) bond motifs is 1. The van der Waals surface area contributed by atoms with Crippen LogP contribution in [-0.2, 0) is 4.79 Å². The molecule has 124 valence electrons. The molecule has 0 saturated carbocycles. The number of hydrogen-bond acceptors (Lipinski definition) is 3. The number of hydrogen-bond donors (Lipinski definition) is 2. The van der Waals surface area contributed by atoms with E-state index in [-0.39, 0.29) is 11.9 Å². The molecule has 0 aliphatic carbocycles. The van der Waals surface area contributed by atoms with Crippen molar-refractivity contribution in [3.63, 3.8) is 0 Å². The summed E-state index contributed by atoms with van der Waals surface area (Å²) in [5, 5.41) is 3.13. The molecule has 1 amide bonds. The van der Waals surface area contributed by atoms with Gasteiger partial charge < -0.3 is 15.8 Å². The number of amides is 1. The number of methoxy groups -OCH3 is 1. The first-order valence-electron chi connectivity index (χ1n) is 7.67. The minimum Gasteiger partial charge on any atom is -0.497 e. The normalized spacial score (nSPS) is 16.4. The van der Waals surface area contributed by atoms with Crippen molar-refractivity contribution in [1.29, 1.82) is 0 Å². The van der Waals surface area contributed by atoms with E-state index in [4.69, 9.17) is 10.5 Å². The summed E-state index contributed by atoms with van der Waals surface area (Å²) in [6.45, 7) is 3.70. The van der Waals surface area contributed by atoms with Crippen LogP contribution in [0, 0.1) is 5.82 Å². The molecule has 0 radical (unpaired) electrons. The van der Waals surface area contributed by atoms with Gasteiger partial charge in [-0.25, -0.2) is 4.39 Å². The second-order valence-electron chi connectivity index (χ2n) is 5.87. The molecule has 0 saturated heterocycles. The van der Waals surface area contributed by atoms with Crippen LogP contribution in [-0.4, -0.2) is 13.0 Å². The highest BCUT2D eigenvalue weighted by Gasteiger charge is 2.27. The first-order valence-corrected chi connectivity index (χ1v) is 7.67. The summed E-state index contributed by atoms with van der Waals surface area (Å²) >= 11 is 0. The molecule has 2 aromatic carbocycles. The number of nitrogens with one attached hydrogen (secondary N) is 1. The first kappa shape index (κ1) is 16.1. The minimum atomic E-state index is -0.541. The highest BCUT2D eigenvalue weighted by atomic mass is 19.1. The lowest BCUT2D eigenvalue weighted by Crippen LogP contribution is -2.33. The summed E-state index contributed by atoms with van der Waals surface area (Å²) in [5.41, 5.74) is 9.75. The van der Waals surface area contributed by atoms with Crippen LogP contribution in [0.5, 0.6) is 5.75 Å². The molecule has 2 aromatic rings. The van der Waals surface area contributed by atoms with Crippen LogP contribution in [0.2, 0.25) is 0 Å². The zero-order valence-corrected chi connectivity index (χ0v) is 13.8. The SMILES string of the molecule is COc1ccc(-c2cc(F)cc3c2C(C)NC(C(N)=O)=C3C)cc1. The van der Waals surface area contributed by atoms with E-state index >= 15 is 0 Å². The summed E-state index contributed by atoms with van der Waals surface area (Å²) in [6, 6.07) is 10.3. The number of rotatable bonds is 3. The van der Waals surface area contributed by atoms with Gasteiger partial charge in [0.2, 0.25) is 0 Å². The smallest absolute Gasteiger partial charge is 0.265 e. The predicted molar refractivity (Wildman–Crippen MR) is 91.7 cm³/mol. The Bertz CT molecular complexity index is 841. The van der Waals surface area contributed by atoms with Gasteiger partial charge in [-0.1, -0.05) is 12.1 Å². The molecule has 0 spiro atoms. The third kappa shape index (κ3) is 2.62. The monoisotopic (exact) mass is 326 g/mol. The third-order valence-corrected chi connectivity index (χ3v) is 4.37. The van der Waals surface area contributed by atoms with Gasteiger partial charge in [-0.3, -0.25) is 4.79 Å². The number of carbonyl (C=O) groups excluding carboxylic acids is 1. The Hall–Kier alpha value is -2.82. The van der Waals surface area contributed by atoms with Crippen molar-refractivity contribution in [3.05, 3.63) is 59.0 Å². The van der Waals surface area contributed by atoms with Crippen molar-refractivity contribution in [1.82, 2.24) is 5.32 Å². The van der Waals surface area contributed by atoms with Gasteiger partial charge in [-0.15, -0.1) is 0 Å². The average Bonchev–Trinajstić information content (AvgIpc) is 2.57. The molecule has 0 bridgehead atoms. The van der Waals surface area contributed by atoms with Crippen LogP contribution in [0.3, 0.4) is 0 Å². The fraction of sp³-hybridized carbons (Fsp3) is 0.211. The highest BCUT2D eigenvalue weighted by Crippen LogP contribution is 2.39. The second-order valence-corrected chi connectivity index (χ2v) is 5.87. The predicted octanol–water partition coefficient (Wildman–Crippen LogP) is 3.38. The maximum absolute atomic E-state index is 14.2. The molecular formula is C19H19FN2O2. The van der Waals surface area contributed by atoms with Crippen LogP contribution >= 0.6 is 0 Å². The van der Waals surface area contributed by atoms with Gasteiger partial charge in [0.25, 0.3) is 5.91 Å². The van der Waals surface area contributed by atoms with E-state index in [1.54, 1.807) is 14.0 Å². The number of halogens is 1. The number of carbonyl (C=O) groups is 1. The van der Waals surface area contributed by atoms with Crippen LogP contribution in [0.15, 0.2) is 42.1 Å². The lowest BCUT2D eigenvalue weighted by Gasteiger charge is -2.29. The van der Waals surface area contributed by atoms with Crippen LogP contribution in [0.1, 0.15) is 31.0 Å². The first-order chi connectivity index (χ1) is 11.4. The Morgan fingerprint density at radius 2 is 1.83 bits per heavy atom. The van der Waals surface area contributed by atoms with E-state index in [1.807, 2.05) is 31.2 Å². The minimum absolute atomic E-state index is 0.163. The molecule has 1 aliphatic rings. The zero-order chi connectivity index (χ0) is 17.4. The number of benzene rings is 2. The Kier molecular flexibility index (Phi) is 4.01. The van der Waals surface area contributed by atoms with Crippen molar-refractivity contribution in [2.24, 2.45) is 5.73 Å². The molecular weight excluding hydrogens is 307 g/mol. The molecule has 4 nitrogen and oxygen atoms in total. The molecule has 0 fully saturated rings. The van der Waals surface area contributed by atoms with Crippen molar-refractivity contribution < 1.29 is 13.9 Å². The molecule has 1 heterocycles. The standard InChI is InChI=1S/C19H19FN2O2/c1-10-15-8-13(20)9-16(12-4-6-14(24-3)7-5-12)17(15)11(2)22-18(10)19(21)23/h4-9,11,22H,1-3H3,(H2,21,23). The second kappa shape index (κ2) is 6.00. The maximum atomic E-state index is 14.2. The highest BCUT2D eigenvalue weighted by molar-refractivity contribution is 6.01. The Morgan fingerprint density at radius 1 is 1.21 bits per heavy atom. The fourth-order valence-corrected chi connectivity index (χ4v) is 3.19. The topological polar surface area (TPSA) is 64.3 Å². The number of allylic oxidation sites excluding steroid dienone is 1. The summed E-state index contributed by atoms with van der Waals surface area (Å²) in [4.78, 5) is 11.6. The Morgan fingerprint density at radius 3 is 2.42 bits per heavy atom. The quantitative estimate of drug-likeness (QED) is 0.909. The van der Waals surface area contributed by atoms with Gasteiger partial charge in [0.15, 0.2) is 0 Å². The molecule has 5 heteroatoms. The largest absolute Gasteiger partial charge is 0.497 e. The molecule has 3 N–H and O–H groups in total. The number of ether oxygens (including phenoxy) is 1. The molecule has 1 aliphatic heterocycles. The summed E-state index contributed by atoms with van der Waals surface area (Å²) < 4.78 is 19.4. The number of nitrogens with two attached hydrogens (primary N) is 1. The van der Waals surface area contributed by atoms with Gasteiger partial charge in [0.1, 0.15) is 17.3 Å². The maximum Gasteiger partial charge on any atom is 0.265 e. The van der Waals surface area contributed by atoms with Crippen LogP contribution in [0.4, 0.5) is 4.39 Å². The van der Waals surface area contributed by atoms with Crippen molar-refractivity contribution in [3.8, 4) is 16.9 Å². The van der Waals surface area contributed by atoms with Gasteiger partial charge in [0, 0.05) is 6.04 Å². The van der Waals surface area contributed by atoms with E-state index in [2.05, 4.69) is 5.32 Å². The van der Waals surface area contributed by atoms with E-state index in [9.17, 15) is 9.18 Å². The van der Waals surface area contributed by atoms with E-state index < -0.39 is 5.91 Å².